The first-order chi connectivity index (χ1) is 8.78. The number of rotatable bonds is 11. The van der Waals surface area contributed by atoms with Gasteiger partial charge >= 0.3 is 0 Å². The first-order valence-electron chi connectivity index (χ1n) is 5.85. The summed E-state index contributed by atoms with van der Waals surface area (Å²) >= 11 is 0. The van der Waals surface area contributed by atoms with Crippen molar-refractivity contribution in [3.8, 4) is 0 Å². The number of hydrogen-bond donors (Lipinski definition) is 0. The second kappa shape index (κ2) is 12.6. The first kappa shape index (κ1) is 17.2. The Kier molecular flexibility index (Phi) is 12.1. The summed E-state index contributed by atoms with van der Waals surface area (Å²) < 4.78 is 20.1. The van der Waals surface area contributed by atoms with E-state index in [4.69, 9.17) is 18.9 Å². The van der Waals surface area contributed by atoms with Crippen LogP contribution in [-0.4, -0.2) is 66.3 Å². The molecule has 0 atom stereocenters. The largest absolute Gasteiger partial charge is 0.384 e. The van der Waals surface area contributed by atoms with Crippen LogP contribution in [0.25, 0.3) is 0 Å². The standard InChI is InChI=1S/C12H24N2O4/c1-15-7-5-11(9-17-3)13-14-12(10-18-4)6-8-16-2/h5-10H2,1-4H3. The van der Waals surface area contributed by atoms with E-state index in [2.05, 4.69) is 10.2 Å². The number of ether oxygens (including phenoxy) is 4. The van der Waals surface area contributed by atoms with Crippen molar-refractivity contribution in [1.29, 1.82) is 0 Å². The summed E-state index contributed by atoms with van der Waals surface area (Å²) in [5, 5.41) is 8.37. The van der Waals surface area contributed by atoms with Gasteiger partial charge in [0.15, 0.2) is 0 Å². The molecular formula is C12H24N2O4. The van der Waals surface area contributed by atoms with Crippen LogP contribution in [-0.2, 0) is 18.9 Å². The van der Waals surface area contributed by atoms with Crippen molar-refractivity contribution in [2.24, 2.45) is 10.2 Å². The average molecular weight is 260 g/mol. The third kappa shape index (κ3) is 9.23. The maximum Gasteiger partial charge on any atom is 0.0864 e. The zero-order chi connectivity index (χ0) is 13.6. The highest BCUT2D eigenvalue weighted by molar-refractivity contribution is 5.89. The van der Waals surface area contributed by atoms with Crippen LogP contribution in [0.4, 0.5) is 0 Å². The van der Waals surface area contributed by atoms with E-state index in [0.717, 1.165) is 11.4 Å². The zero-order valence-electron chi connectivity index (χ0n) is 11.8. The van der Waals surface area contributed by atoms with Crippen molar-refractivity contribution in [2.45, 2.75) is 12.8 Å². The monoisotopic (exact) mass is 260 g/mol. The van der Waals surface area contributed by atoms with E-state index < -0.39 is 0 Å². The Hall–Kier alpha value is -0.820. The van der Waals surface area contributed by atoms with Gasteiger partial charge < -0.3 is 18.9 Å². The van der Waals surface area contributed by atoms with Crippen molar-refractivity contribution in [1.82, 2.24) is 0 Å². The number of methoxy groups -OCH3 is 4. The Bertz CT molecular complexity index is 228. The molecule has 0 spiro atoms. The molecule has 6 nitrogen and oxygen atoms in total. The van der Waals surface area contributed by atoms with Crippen LogP contribution in [0.15, 0.2) is 10.2 Å². The van der Waals surface area contributed by atoms with Crippen molar-refractivity contribution in [3.05, 3.63) is 0 Å². The van der Waals surface area contributed by atoms with E-state index in [1.807, 2.05) is 0 Å². The maximum atomic E-state index is 5.06. The second-order valence-electron chi connectivity index (χ2n) is 3.68. The summed E-state index contributed by atoms with van der Waals surface area (Å²) in [6.45, 7) is 2.12. The van der Waals surface area contributed by atoms with Crippen LogP contribution in [0, 0.1) is 0 Å². The molecule has 18 heavy (non-hydrogen) atoms. The molecule has 0 bridgehead atoms. The van der Waals surface area contributed by atoms with Gasteiger partial charge in [0.1, 0.15) is 0 Å². The Morgan fingerprint density at radius 3 is 1.33 bits per heavy atom. The molecule has 0 aliphatic rings. The van der Waals surface area contributed by atoms with E-state index in [-0.39, 0.29) is 0 Å². The highest BCUT2D eigenvalue weighted by Crippen LogP contribution is 1.95. The lowest BCUT2D eigenvalue weighted by atomic mass is 10.3. The van der Waals surface area contributed by atoms with Crippen LogP contribution < -0.4 is 0 Å². The van der Waals surface area contributed by atoms with Gasteiger partial charge in [-0.2, -0.15) is 10.2 Å². The normalized spacial score (nSPS) is 13.1. The van der Waals surface area contributed by atoms with E-state index in [1.165, 1.54) is 0 Å². The molecule has 0 fully saturated rings. The van der Waals surface area contributed by atoms with Crippen LogP contribution >= 0.6 is 0 Å². The Labute approximate surface area is 109 Å². The molecule has 0 aromatic carbocycles. The summed E-state index contributed by atoms with van der Waals surface area (Å²) in [5.74, 6) is 0. The summed E-state index contributed by atoms with van der Waals surface area (Å²) in [5.41, 5.74) is 1.70. The van der Waals surface area contributed by atoms with Gasteiger partial charge in [-0.25, -0.2) is 0 Å². The van der Waals surface area contributed by atoms with Crippen LogP contribution in [0.2, 0.25) is 0 Å². The summed E-state index contributed by atoms with van der Waals surface area (Å²) in [7, 11) is 6.57. The Morgan fingerprint density at radius 2 is 1.06 bits per heavy atom. The molecular weight excluding hydrogens is 236 g/mol. The lowest BCUT2D eigenvalue weighted by molar-refractivity contribution is 0.200. The molecule has 0 rings (SSSR count). The fraction of sp³-hybridized carbons (Fsp3) is 0.833. The lowest BCUT2D eigenvalue weighted by Gasteiger charge is -2.05. The number of hydrogen-bond acceptors (Lipinski definition) is 6. The third-order valence-electron chi connectivity index (χ3n) is 2.14. The van der Waals surface area contributed by atoms with E-state index >= 15 is 0 Å². The molecule has 0 amide bonds. The minimum absolute atomic E-state index is 0.456. The van der Waals surface area contributed by atoms with Crippen molar-refractivity contribution < 1.29 is 18.9 Å². The molecule has 0 radical (unpaired) electrons. The van der Waals surface area contributed by atoms with Gasteiger partial charge in [-0.3, -0.25) is 0 Å². The highest BCUT2D eigenvalue weighted by Gasteiger charge is 2.01. The van der Waals surface area contributed by atoms with Gasteiger partial charge in [-0.1, -0.05) is 0 Å². The molecule has 0 aliphatic carbocycles. The quantitative estimate of drug-likeness (QED) is 0.413. The molecule has 0 heterocycles. The first-order valence-corrected chi connectivity index (χ1v) is 5.85. The zero-order valence-corrected chi connectivity index (χ0v) is 11.8. The molecule has 0 saturated heterocycles. The van der Waals surface area contributed by atoms with Crippen molar-refractivity contribution in [2.75, 3.05) is 54.9 Å². The Balaban J connectivity index is 4.48. The van der Waals surface area contributed by atoms with E-state index in [0.29, 0.717) is 39.3 Å². The predicted octanol–water partition coefficient (Wildman–Crippen LogP) is 1.15. The molecule has 6 heteroatoms. The van der Waals surface area contributed by atoms with Gasteiger partial charge in [0.25, 0.3) is 0 Å². The predicted molar refractivity (Wildman–Crippen MR) is 71.6 cm³/mol. The van der Waals surface area contributed by atoms with Crippen molar-refractivity contribution >= 4 is 11.4 Å². The molecule has 0 N–H and O–H groups in total. The fourth-order valence-electron chi connectivity index (χ4n) is 1.22. The lowest BCUT2D eigenvalue weighted by Crippen LogP contribution is -2.12. The van der Waals surface area contributed by atoms with Gasteiger partial charge in [0.05, 0.1) is 37.9 Å². The van der Waals surface area contributed by atoms with Crippen LogP contribution in [0.5, 0.6) is 0 Å². The van der Waals surface area contributed by atoms with E-state index in [1.54, 1.807) is 28.4 Å². The molecule has 0 aromatic rings. The maximum absolute atomic E-state index is 5.06. The third-order valence-corrected chi connectivity index (χ3v) is 2.14. The van der Waals surface area contributed by atoms with Gasteiger partial charge in [-0.05, 0) is 0 Å². The molecule has 0 aliphatic heterocycles. The van der Waals surface area contributed by atoms with E-state index in [9.17, 15) is 0 Å². The minimum Gasteiger partial charge on any atom is -0.384 e. The summed E-state index contributed by atoms with van der Waals surface area (Å²) in [6, 6.07) is 0. The fourth-order valence-corrected chi connectivity index (χ4v) is 1.22. The molecule has 0 saturated carbocycles. The summed E-state index contributed by atoms with van der Waals surface area (Å²) in [4.78, 5) is 0. The van der Waals surface area contributed by atoms with Gasteiger partial charge in [-0.15, -0.1) is 0 Å². The summed E-state index contributed by atoms with van der Waals surface area (Å²) in [6.07, 6.45) is 1.41. The molecule has 106 valence electrons. The average Bonchev–Trinajstić information content (AvgIpc) is 2.38. The number of nitrogens with zero attached hydrogens (tertiary/aromatic N) is 2. The van der Waals surface area contributed by atoms with Crippen LogP contribution in [0.3, 0.4) is 0 Å². The molecule has 0 aromatic heterocycles. The SMILES string of the molecule is COCCC(COC)=NN=C(CCOC)COC. The topological polar surface area (TPSA) is 61.6 Å². The smallest absolute Gasteiger partial charge is 0.0864 e. The minimum atomic E-state index is 0.456. The van der Waals surface area contributed by atoms with Gasteiger partial charge in [0.2, 0.25) is 0 Å². The second-order valence-corrected chi connectivity index (χ2v) is 3.68. The van der Waals surface area contributed by atoms with Crippen molar-refractivity contribution in [3.63, 3.8) is 0 Å². The molecule has 0 unspecified atom stereocenters. The highest BCUT2D eigenvalue weighted by atomic mass is 16.5. The Morgan fingerprint density at radius 1 is 0.667 bits per heavy atom. The van der Waals surface area contributed by atoms with Gasteiger partial charge in [0, 0.05) is 41.3 Å². The van der Waals surface area contributed by atoms with Crippen LogP contribution in [0.1, 0.15) is 12.8 Å².